The van der Waals surface area contributed by atoms with Crippen molar-refractivity contribution in [3.8, 4) is 17.0 Å². The summed E-state index contributed by atoms with van der Waals surface area (Å²) in [6.45, 7) is 3.88. The van der Waals surface area contributed by atoms with E-state index in [1.54, 1.807) is 12.1 Å². The van der Waals surface area contributed by atoms with Gasteiger partial charge in [0.15, 0.2) is 0 Å². The number of piperidine rings is 1. The van der Waals surface area contributed by atoms with E-state index in [0.717, 1.165) is 48.6 Å². The van der Waals surface area contributed by atoms with Crippen LogP contribution in [0.1, 0.15) is 24.8 Å². The number of benzene rings is 1. The van der Waals surface area contributed by atoms with Gasteiger partial charge in [0.05, 0.1) is 5.69 Å². The zero-order valence-electron chi connectivity index (χ0n) is 13.3. The van der Waals surface area contributed by atoms with E-state index in [4.69, 9.17) is 0 Å². The van der Waals surface area contributed by atoms with Crippen molar-refractivity contribution in [2.75, 3.05) is 18.0 Å². The Balaban J connectivity index is 1.86. The van der Waals surface area contributed by atoms with Gasteiger partial charge in [-0.1, -0.05) is 0 Å². The van der Waals surface area contributed by atoms with Crippen LogP contribution in [0.15, 0.2) is 30.6 Å². The van der Waals surface area contributed by atoms with Gasteiger partial charge in [-0.05, 0) is 50.5 Å². The molecule has 0 saturated carbocycles. The zero-order chi connectivity index (χ0) is 17.2. The molecule has 24 heavy (non-hydrogen) atoms. The predicted octanol–water partition coefficient (Wildman–Crippen LogP) is 4.34. The lowest BCUT2D eigenvalue weighted by molar-refractivity contribution is -0.274. The lowest BCUT2D eigenvalue weighted by atomic mass is 10.1. The molecule has 2 aromatic rings. The van der Waals surface area contributed by atoms with E-state index < -0.39 is 6.36 Å². The van der Waals surface area contributed by atoms with Crippen molar-refractivity contribution in [1.82, 2.24) is 9.97 Å². The number of rotatable bonds is 3. The second kappa shape index (κ2) is 6.67. The standard InChI is InChI=1S/C17H18F3N3O/c1-12-15(13-5-7-14(8-6-13)24-17(18,19)20)21-11-22-16(12)23-9-3-2-4-10-23/h5-8,11H,2-4,9-10H2,1H3. The fourth-order valence-electron chi connectivity index (χ4n) is 2.97. The first-order chi connectivity index (χ1) is 11.4. The molecule has 1 saturated heterocycles. The Hall–Kier alpha value is -2.31. The van der Waals surface area contributed by atoms with Crippen LogP contribution >= 0.6 is 0 Å². The number of hydrogen-bond acceptors (Lipinski definition) is 4. The average Bonchev–Trinajstić information content (AvgIpc) is 2.55. The number of alkyl halides is 3. The molecule has 0 amide bonds. The Morgan fingerprint density at radius 1 is 1.00 bits per heavy atom. The molecule has 4 nitrogen and oxygen atoms in total. The minimum absolute atomic E-state index is 0.241. The molecule has 0 aliphatic carbocycles. The van der Waals surface area contributed by atoms with Crippen molar-refractivity contribution >= 4 is 5.82 Å². The summed E-state index contributed by atoms with van der Waals surface area (Å²) in [6.07, 6.45) is 0.332. The lowest BCUT2D eigenvalue weighted by Crippen LogP contribution is -2.31. The topological polar surface area (TPSA) is 38.3 Å². The van der Waals surface area contributed by atoms with Crippen molar-refractivity contribution < 1.29 is 17.9 Å². The third kappa shape index (κ3) is 3.77. The van der Waals surface area contributed by atoms with Crippen LogP contribution in [0.3, 0.4) is 0 Å². The summed E-state index contributed by atoms with van der Waals surface area (Å²) in [7, 11) is 0. The SMILES string of the molecule is Cc1c(-c2ccc(OC(F)(F)F)cc2)ncnc1N1CCCCC1. The van der Waals surface area contributed by atoms with Gasteiger partial charge in [-0.3, -0.25) is 0 Å². The summed E-state index contributed by atoms with van der Waals surface area (Å²) < 4.78 is 40.6. The van der Waals surface area contributed by atoms with Crippen LogP contribution in [0.25, 0.3) is 11.3 Å². The maximum Gasteiger partial charge on any atom is 0.573 e. The second-order valence-corrected chi connectivity index (χ2v) is 5.79. The Morgan fingerprint density at radius 3 is 2.29 bits per heavy atom. The van der Waals surface area contributed by atoms with Crippen LogP contribution in [-0.4, -0.2) is 29.4 Å². The van der Waals surface area contributed by atoms with E-state index in [9.17, 15) is 13.2 Å². The molecule has 2 heterocycles. The quantitative estimate of drug-likeness (QED) is 0.835. The first-order valence-electron chi connectivity index (χ1n) is 7.87. The summed E-state index contributed by atoms with van der Waals surface area (Å²) >= 11 is 0. The van der Waals surface area contributed by atoms with Gasteiger partial charge in [-0.25, -0.2) is 9.97 Å². The third-order valence-corrected chi connectivity index (χ3v) is 4.07. The molecule has 0 radical (unpaired) electrons. The average molecular weight is 337 g/mol. The van der Waals surface area contributed by atoms with Crippen molar-refractivity contribution in [3.05, 3.63) is 36.2 Å². The van der Waals surface area contributed by atoms with E-state index in [1.807, 2.05) is 6.92 Å². The molecule has 0 spiro atoms. The van der Waals surface area contributed by atoms with E-state index >= 15 is 0 Å². The van der Waals surface area contributed by atoms with Gasteiger partial charge in [0, 0.05) is 24.2 Å². The molecule has 0 unspecified atom stereocenters. The largest absolute Gasteiger partial charge is 0.573 e. The number of nitrogens with zero attached hydrogens (tertiary/aromatic N) is 3. The molecule has 1 aromatic heterocycles. The highest BCUT2D eigenvalue weighted by Gasteiger charge is 2.31. The van der Waals surface area contributed by atoms with Crippen LogP contribution in [0.5, 0.6) is 5.75 Å². The molecule has 1 aliphatic rings. The molecule has 0 atom stereocenters. The molecule has 7 heteroatoms. The Morgan fingerprint density at radius 2 is 1.67 bits per heavy atom. The molecule has 3 rings (SSSR count). The molecule has 0 N–H and O–H groups in total. The van der Waals surface area contributed by atoms with E-state index in [-0.39, 0.29) is 5.75 Å². The molecule has 1 aliphatic heterocycles. The van der Waals surface area contributed by atoms with Crippen molar-refractivity contribution in [3.63, 3.8) is 0 Å². The van der Waals surface area contributed by atoms with Crippen LogP contribution in [-0.2, 0) is 0 Å². The van der Waals surface area contributed by atoms with Crippen molar-refractivity contribution in [2.24, 2.45) is 0 Å². The van der Waals surface area contributed by atoms with E-state index in [2.05, 4.69) is 19.6 Å². The molecule has 1 fully saturated rings. The van der Waals surface area contributed by atoms with Crippen LogP contribution < -0.4 is 9.64 Å². The Labute approximate surface area is 138 Å². The summed E-state index contributed by atoms with van der Waals surface area (Å²) in [5, 5.41) is 0. The minimum Gasteiger partial charge on any atom is -0.406 e. The molecule has 0 bridgehead atoms. The minimum atomic E-state index is -4.69. The lowest BCUT2D eigenvalue weighted by Gasteiger charge is -2.29. The Kier molecular flexibility index (Phi) is 4.59. The number of aromatic nitrogens is 2. The van der Waals surface area contributed by atoms with Crippen LogP contribution in [0.2, 0.25) is 0 Å². The highest BCUT2D eigenvalue weighted by Crippen LogP contribution is 2.30. The van der Waals surface area contributed by atoms with Gasteiger partial charge in [0.1, 0.15) is 17.9 Å². The van der Waals surface area contributed by atoms with Gasteiger partial charge in [-0.2, -0.15) is 0 Å². The monoisotopic (exact) mass is 337 g/mol. The second-order valence-electron chi connectivity index (χ2n) is 5.79. The predicted molar refractivity (Wildman–Crippen MR) is 85.0 cm³/mol. The summed E-state index contributed by atoms with van der Waals surface area (Å²) in [4.78, 5) is 10.9. The fraction of sp³-hybridized carbons (Fsp3) is 0.412. The molecule has 128 valence electrons. The first kappa shape index (κ1) is 16.5. The summed E-state index contributed by atoms with van der Waals surface area (Å²) in [6, 6.07) is 5.75. The fourth-order valence-corrected chi connectivity index (χ4v) is 2.97. The van der Waals surface area contributed by atoms with Crippen molar-refractivity contribution in [1.29, 1.82) is 0 Å². The maximum absolute atomic E-state index is 12.2. The van der Waals surface area contributed by atoms with Gasteiger partial charge >= 0.3 is 6.36 Å². The molecule has 1 aromatic carbocycles. The molecular formula is C17H18F3N3O. The van der Waals surface area contributed by atoms with E-state index in [1.165, 1.54) is 24.9 Å². The summed E-state index contributed by atoms with van der Waals surface area (Å²) in [5.74, 6) is 0.657. The number of ether oxygens (including phenoxy) is 1. The normalized spacial score (nSPS) is 15.4. The summed E-state index contributed by atoms with van der Waals surface area (Å²) in [5.41, 5.74) is 2.40. The van der Waals surface area contributed by atoms with Gasteiger partial charge in [0.2, 0.25) is 0 Å². The number of hydrogen-bond donors (Lipinski definition) is 0. The first-order valence-corrected chi connectivity index (χ1v) is 7.87. The highest BCUT2D eigenvalue weighted by molar-refractivity contribution is 5.68. The molecular weight excluding hydrogens is 319 g/mol. The van der Waals surface area contributed by atoms with Gasteiger partial charge < -0.3 is 9.64 Å². The number of halogens is 3. The van der Waals surface area contributed by atoms with Gasteiger partial charge in [0.25, 0.3) is 0 Å². The zero-order valence-corrected chi connectivity index (χ0v) is 13.3. The Bertz CT molecular complexity index is 695. The smallest absolute Gasteiger partial charge is 0.406 e. The maximum atomic E-state index is 12.2. The van der Waals surface area contributed by atoms with Crippen molar-refractivity contribution in [2.45, 2.75) is 32.5 Å². The third-order valence-electron chi connectivity index (χ3n) is 4.07. The van der Waals surface area contributed by atoms with Crippen LogP contribution in [0, 0.1) is 6.92 Å². The van der Waals surface area contributed by atoms with E-state index in [0.29, 0.717) is 0 Å². The van der Waals surface area contributed by atoms with Gasteiger partial charge in [-0.15, -0.1) is 13.2 Å². The van der Waals surface area contributed by atoms with Crippen LogP contribution in [0.4, 0.5) is 19.0 Å². The number of anilines is 1. The highest BCUT2D eigenvalue weighted by atomic mass is 19.4.